The van der Waals surface area contributed by atoms with Crippen LogP contribution in [0.25, 0.3) is 5.57 Å². The first-order chi connectivity index (χ1) is 12.7. The molecule has 0 aliphatic carbocycles. The zero-order valence-corrected chi connectivity index (χ0v) is 15.9. The van der Waals surface area contributed by atoms with E-state index in [2.05, 4.69) is 4.74 Å². The summed E-state index contributed by atoms with van der Waals surface area (Å²) in [4.78, 5) is 0. The standard InChI is InChI=1S/C18H21BF6O3/c1-16(2)17(3,4)28-19(27-16)15(22)12(7-8-26-10-18(23,24)25)13-9-11(20)5-6-14(13)21/h5-6,9H,7-8,10H2,1-4H3. The van der Waals surface area contributed by atoms with E-state index in [4.69, 9.17) is 9.31 Å². The zero-order chi connectivity index (χ0) is 21.3. The first-order valence-corrected chi connectivity index (χ1v) is 8.57. The second kappa shape index (κ2) is 8.08. The van der Waals surface area contributed by atoms with Crippen LogP contribution in [0.15, 0.2) is 23.9 Å². The van der Waals surface area contributed by atoms with Crippen molar-refractivity contribution in [2.45, 2.75) is 51.5 Å². The number of ether oxygens (including phenoxy) is 1. The van der Waals surface area contributed by atoms with Crippen LogP contribution in [0.3, 0.4) is 0 Å². The molecule has 0 N–H and O–H groups in total. The van der Waals surface area contributed by atoms with Gasteiger partial charge in [0.05, 0.1) is 17.8 Å². The molecule has 0 unspecified atom stereocenters. The minimum Gasteiger partial charge on any atom is -0.398 e. The van der Waals surface area contributed by atoms with Gasteiger partial charge in [-0.1, -0.05) is 0 Å². The second-order valence-electron chi connectivity index (χ2n) is 7.46. The molecule has 10 heteroatoms. The summed E-state index contributed by atoms with van der Waals surface area (Å²) in [6.07, 6.45) is -5.00. The maximum Gasteiger partial charge on any atom is 0.525 e. The Balaban J connectivity index is 2.34. The van der Waals surface area contributed by atoms with Gasteiger partial charge < -0.3 is 14.0 Å². The minimum atomic E-state index is -4.56. The van der Waals surface area contributed by atoms with E-state index in [-0.39, 0.29) is 5.57 Å². The van der Waals surface area contributed by atoms with Gasteiger partial charge in [0.2, 0.25) is 0 Å². The Morgan fingerprint density at radius 1 is 1.07 bits per heavy atom. The lowest BCUT2D eigenvalue weighted by atomic mass is 9.81. The third kappa shape index (κ3) is 5.30. The van der Waals surface area contributed by atoms with E-state index in [9.17, 15) is 22.0 Å². The Morgan fingerprint density at radius 2 is 1.64 bits per heavy atom. The fraction of sp³-hybridized carbons (Fsp3) is 0.556. The number of rotatable bonds is 6. The summed E-state index contributed by atoms with van der Waals surface area (Å²) < 4.78 is 95.3. The Hall–Kier alpha value is -1.52. The predicted molar refractivity (Wildman–Crippen MR) is 92.0 cm³/mol. The quantitative estimate of drug-likeness (QED) is 0.365. The summed E-state index contributed by atoms with van der Waals surface area (Å²) in [6.45, 7) is 4.61. The highest BCUT2D eigenvalue weighted by Gasteiger charge is 2.53. The summed E-state index contributed by atoms with van der Waals surface area (Å²) in [5.74, 6) is -1.76. The molecular weight excluding hydrogens is 389 g/mol. The summed E-state index contributed by atoms with van der Waals surface area (Å²) >= 11 is 0. The molecule has 3 nitrogen and oxygen atoms in total. The van der Waals surface area contributed by atoms with Gasteiger partial charge in [0.1, 0.15) is 24.0 Å². The minimum absolute atomic E-state index is 0.377. The monoisotopic (exact) mass is 410 g/mol. The van der Waals surface area contributed by atoms with Gasteiger partial charge in [-0.3, -0.25) is 0 Å². The van der Waals surface area contributed by atoms with Crippen LogP contribution in [-0.2, 0) is 14.0 Å². The topological polar surface area (TPSA) is 27.7 Å². The fourth-order valence-electron chi connectivity index (χ4n) is 2.56. The van der Waals surface area contributed by atoms with Gasteiger partial charge in [-0.15, -0.1) is 0 Å². The number of benzene rings is 1. The zero-order valence-electron chi connectivity index (χ0n) is 15.9. The van der Waals surface area contributed by atoms with E-state index in [0.717, 1.165) is 18.2 Å². The van der Waals surface area contributed by atoms with E-state index in [1.165, 1.54) is 0 Å². The van der Waals surface area contributed by atoms with E-state index in [1.807, 2.05) is 0 Å². The maximum absolute atomic E-state index is 15.2. The van der Waals surface area contributed by atoms with E-state index in [0.29, 0.717) is 0 Å². The molecule has 0 bridgehead atoms. The van der Waals surface area contributed by atoms with Crippen molar-refractivity contribution in [3.05, 3.63) is 41.1 Å². The molecule has 1 aliphatic heterocycles. The maximum atomic E-state index is 15.2. The van der Waals surface area contributed by atoms with Gasteiger partial charge >= 0.3 is 13.3 Å². The van der Waals surface area contributed by atoms with Crippen LogP contribution in [0.4, 0.5) is 26.3 Å². The Bertz CT molecular complexity index is 729. The van der Waals surface area contributed by atoms with Crippen LogP contribution in [0.5, 0.6) is 0 Å². The van der Waals surface area contributed by atoms with Gasteiger partial charge in [0.15, 0.2) is 0 Å². The van der Waals surface area contributed by atoms with E-state index < -0.39 is 67.1 Å². The molecule has 28 heavy (non-hydrogen) atoms. The summed E-state index contributed by atoms with van der Waals surface area (Å²) in [5, 5.41) is 0. The van der Waals surface area contributed by atoms with Crippen molar-refractivity contribution in [1.29, 1.82) is 0 Å². The lowest BCUT2D eigenvalue weighted by Gasteiger charge is -2.32. The third-order valence-electron chi connectivity index (χ3n) is 4.76. The van der Waals surface area contributed by atoms with Crippen LogP contribution in [0.1, 0.15) is 39.7 Å². The lowest BCUT2D eigenvalue weighted by molar-refractivity contribution is -0.173. The first-order valence-electron chi connectivity index (χ1n) is 8.57. The number of hydrogen-bond donors (Lipinski definition) is 0. The average molecular weight is 410 g/mol. The van der Waals surface area contributed by atoms with Crippen molar-refractivity contribution < 1.29 is 40.4 Å². The lowest BCUT2D eigenvalue weighted by Crippen LogP contribution is -2.41. The van der Waals surface area contributed by atoms with Gasteiger partial charge in [-0.05, 0) is 57.9 Å². The van der Waals surface area contributed by atoms with Crippen LogP contribution < -0.4 is 0 Å². The van der Waals surface area contributed by atoms with Crippen LogP contribution >= 0.6 is 0 Å². The molecule has 1 saturated heterocycles. The average Bonchev–Trinajstić information content (AvgIpc) is 2.77. The van der Waals surface area contributed by atoms with Gasteiger partial charge in [-0.2, -0.15) is 13.2 Å². The van der Waals surface area contributed by atoms with Gasteiger partial charge in [0, 0.05) is 5.56 Å². The Morgan fingerprint density at radius 3 is 2.18 bits per heavy atom. The smallest absolute Gasteiger partial charge is 0.398 e. The second-order valence-corrected chi connectivity index (χ2v) is 7.46. The SMILES string of the molecule is CC1(C)OB(C(F)=C(CCOCC(F)(F)F)c2cc(F)ccc2F)OC1(C)C. The molecule has 1 fully saturated rings. The molecule has 0 aromatic heterocycles. The van der Waals surface area contributed by atoms with Crippen LogP contribution in [-0.4, -0.2) is 37.7 Å². The molecule has 156 valence electrons. The van der Waals surface area contributed by atoms with Crippen molar-refractivity contribution >= 4 is 12.7 Å². The Labute approximate surface area is 159 Å². The summed E-state index contributed by atoms with van der Waals surface area (Å²) in [6, 6.07) is 2.42. The first kappa shape index (κ1) is 22.8. The number of hydrogen-bond acceptors (Lipinski definition) is 3. The summed E-state index contributed by atoms with van der Waals surface area (Å²) in [7, 11) is -1.51. The van der Waals surface area contributed by atoms with E-state index >= 15 is 4.39 Å². The fourth-order valence-corrected chi connectivity index (χ4v) is 2.56. The molecule has 1 aliphatic rings. The predicted octanol–water partition coefficient (Wildman–Crippen LogP) is 5.25. The van der Waals surface area contributed by atoms with Crippen LogP contribution in [0.2, 0.25) is 0 Å². The molecule has 0 amide bonds. The third-order valence-corrected chi connectivity index (χ3v) is 4.76. The molecule has 0 saturated carbocycles. The number of halogens is 6. The van der Waals surface area contributed by atoms with Crippen molar-refractivity contribution in [1.82, 2.24) is 0 Å². The highest BCUT2D eigenvalue weighted by molar-refractivity contribution is 6.55. The normalized spacial score (nSPS) is 19.7. The van der Waals surface area contributed by atoms with Crippen molar-refractivity contribution in [2.75, 3.05) is 13.2 Å². The Kier molecular flexibility index (Phi) is 6.57. The van der Waals surface area contributed by atoms with Gasteiger partial charge in [0.25, 0.3) is 0 Å². The highest BCUT2D eigenvalue weighted by Crippen LogP contribution is 2.41. The van der Waals surface area contributed by atoms with Crippen molar-refractivity contribution in [3.8, 4) is 0 Å². The molecule has 0 spiro atoms. The largest absolute Gasteiger partial charge is 0.525 e. The van der Waals surface area contributed by atoms with E-state index in [1.54, 1.807) is 27.7 Å². The molecular formula is C18H21BF6O3. The van der Waals surface area contributed by atoms with Crippen molar-refractivity contribution in [2.24, 2.45) is 0 Å². The van der Waals surface area contributed by atoms with Gasteiger partial charge in [-0.25, -0.2) is 13.2 Å². The molecule has 1 aromatic rings. The number of alkyl halides is 3. The van der Waals surface area contributed by atoms with Crippen molar-refractivity contribution in [3.63, 3.8) is 0 Å². The van der Waals surface area contributed by atoms with Crippen LogP contribution in [0, 0.1) is 11.6 Å². The molecule has 1 aromatic carbocycles. The summed E-state index contributed by atoms with van der Waals surface area (Å²) in [5.41, 5.74) is -3.64. The molecule has 2 rings (SSSR count). The molecule has 0 radical (unpaired) electrons. The molecule has 1 heterocycles. The molecule has 0 atom stereocenters. The highest BCUT2D eigenvalue weighted by atomic mass is 19.4.